The highest BCUT2D eigenvalue weighted by Crippen LogP contribution is 2.11. The lowest BCUT2D eigenvalue weighted by Gasteiger charge is -2.05. The Morgan fingerprint density at radius 1 is 1.38 bits per heavy atom. The highest BCUT2D eigenvalue weighted by atomic mass is 16.4. The van der Waals surface area contributed by atoms with Gasteiger partial charge >= 0.3 is 5.97 Å². The SMILES string of the molecule is Cc1cc(C(=O)Nc2cc(/C=C/C(=O)O)ccn2)n(C)n1. The molecule has 2 rings (SSSR count). The van der Waals surface area contributed by atoms with Gasteiger partial charge in [-0.25, -0.2) is 9.78 Å². The molecule has 0 aliphatic heterocycles. The highest BCUT2D eigenvalue weighted by molar-refractivity contribution is 6.02. The summed E-state index contributed by atoms with van der Waals surface area (Å²) in [6, 6.07) is 4.90. The molecule has 2 aromatic rings. The minimum Gasteiger partial charge on any atom is -0.478 e. The molecule has 0 spiro atoms. The molecule has 0 saturated heterocycles. The van der Waals surface area contributed by atoms with E-state index < -0.39 is 5.97 Å². The number of aliphatic carboxylic acids is 1. The predicted octanol–water partition coefficient (Wildman–Crippen LogP) is 1.47. The van der Waals surface area contributed by atoms with Crippen LogP contribution in [0.2, 0.25) is 0 Å². The Balaban J connectivity index is 2.16. The highest BCUT2D eigenvalue weighted by Gasteiger charge is 2.12. The van der Waals surface area contributed by atoms with E-state index in [1.165, 1.54) is 17.0 Å². The molecule has 7 heteroatoms. The van der Waals surface area contributed by atoms with Gasteiger partial charge in [0.2, 0.25) is 0 Å². The van der Waals surface area contributed by atoms with E-state index in [1.54, 1.807) is 32.2 Å². The molecule has 0 aliphatic carbocycles. The van der Waals surface area contributed by atoms with Crippen molar-refractivity contribution in [3.63, 3.8) is 0 Å². The molecule has 21 heavy (non-hydrogen) atoms. The number of carbonyl (C=O) groups is 2. The third-order valence-electron chi connectivity index (χ3n) is 2.68. The number of carboxylic acid groups (broad SMARTS) is 1. The number of amides is 1. The largest absolute Gasteiger partial charge is 0.478 e. The van der Waals surface area contributed by atoms with E-state index in [0.29, 0.717) is 17.1 Å². The molecule has 108 valence electrons. The fraction of sp³-hybridized carbons (Fsp3) is 0.143. The first-order valence-corrected chi connectivity index (χ1v) is 6.15. The monoisotopic (exact) mass is 286 g/mol. The number of pyridine rings is 1. The van der Waals surface area contributed by atoms with Crippen LogP contribution in [0, 0.1) is 6.92 Å². The van der Waals surface area contributed by atoms with Crippen LogP contribution in [-0.2, 0) is 11.8 Å². The van der Waals surface area contributed by atoms with E-state index in [1.807, 2.05) is 0 Å². The summed E-state index contributed by atoms with van der Waals surface area (Å²) >= 11 is 0. The van der Waals surface area contributed by atoms with Crippen LogP contribution in [-0.4, -0.2) is 31.7 Å². The second-order valence-electron chi connectivity index (χ2n) is 4.39. The van der Waals surface area contributed by atoms with Gasteiger partial charge in [0.1, 0.15) is 11.5 Å². The summed E-state index contributed by atoms with van der Waals surface area (Å²) in [5.41, 5.74) is 1.79. The molecule has 0 aliphatic rings. The summed E-state index contributed by atoms with van der Waals surface area (Å²) in [5.74, 6) is -1.03. The number of aromatic nitrogens is 3. The maximum absolute atomic E-state index is 12.1. The van der Waals surface area contributed by atoms with Crippen molar-refractivity contribution in [3.05, 3.63) is 47.4 Å². The Bertz CT molecular complexity index is 719. The summed E-state index contributed by atoms with van der Waals surface area (Å²) in [6.45, 7) is 1.80. The van der Waals surface area contributed by atoms with Gasteiger partial charge < -0.3 is 10.4 Å². The standard InChI is InChI=1S/C14H14N4O3/c1-9-7-11(18(2)17-9)14(21)16-12-8-10(5-6-15-12)3-4-13(19)20/h3-8H,1-2H3,(H,19,20)(H,15,16,21)/b4-3+. The zero-order chi connectivity index (χ0) is 15.4. The predicted molar refractivity (Wildman–Crippen MR) is 76.8 cm³/mol. The van der Waals surface area contributed by atoms with Gasteiger partial charge in [-0.2, -0.15) is 5.10 Å². The minimum atomic E-state index is -1.04. The second-order valence-corrected chi connectivity index (χ2v) is 4.39. The number of carboxylic acids is 1. The minimum absolute atomic E-state index is 0.329. The molecule has 0 aromatic carbocycles. The van der Waals surface area contributed by atoms with Crippen LogP contribution in [0.15, 0.2) is 30.5 Å². The van der Waals surface area contributed by atoms with Crippen molar-refractivity contribution in [3.8, 4) is 0 Å². The number of rotatable bonds is 4. The zero-order valence-electron chi connectivity index (χ0n) is 11.6. The first-order chi connectivity index (χ1) is 9.95. The summed E-state index contributed by atoms with van der Waals surface area (Å²) in [5, 5.41) is 15.3. The Morgan fingerprint density at radius 3 is 2.76 bits per heavy atom. The molecular formula is C14H14N4O3. The molecule has 0 saturated carbocycles. The number of anilines is 1. The van der Waals surface area contributed by atoms with Crippen LogP contribution < -0.4 is 5.32 Å². The van der Waals surface area contributed by atoms with Crippen LogP contribution in [0.3, 0.4) is 0 Å². The average molecular weight is 286 g/mol. The fourth-order valence-corrected chi connectivity index (χ4v) is 1.79. The number of nitrogens with one attached hydrogen (secondary N) is 1. The van der Waals surface area contributed by atoms with Crippen LogP contribution in [0.1, 0.15) is 21.7 Å². The van der Waals surface area contributed by atoms with Crippen LogP contribution in [0.5, 0.6) is 0 Å². The van der Waals surface area contributed by atoms with Crippen molar-refractivity contribution in [2.75, 3.05) is 5.32 Å². The Morgan fingerprint density at radius 2 is 2.14 bits per heavy atom. The van der Waals surface area contributed by atoms with Gasteiger partial charge in [-0.3, -0.25) is 9.48 Å². The molecule has 0 fully saturated rings. The fourth-order valence-electron chi connectivity index (χ4n) is 1.79. The van der Waals surface area contributed by atoms with Crippen molar-refractivity contribution in [1.82, 2.24) is 14.8 Å². The number of aryl methyl sites for hydroxylation is 2. The molecule has 0 radical (unpaired) electrons. The van der Waals surface area contributed by atoms with Gasteiger partial charge in [-0.05, 0) is 36.8 Å². The van der Waals surface area contributed by atoms with E-state index >= 15 is 0 Å². The number of hydrogen-bond donors (Lipinski definition) is 2. The van der Waals surface area contributed by atoms with Gasteiger partial charge in [0.05, 0.1) is 5.69 Å². The quantitative estimate of drug-likeness (QED) is 0.830. The molecule has 2 heterocycles. The summed E-state index contributed by atoms with van der Waals surface area (Å²) in [7, 11) is 1.68. The summed E-state index contributed by atoms with van der Waals surface area (Å²) in [4.78, 5) is 26.6. The molecule has 2 N–H and O–H groups in total. The van der Waals surface area contributed by atoms with E-state index in [4.69, 9.17) is 5.11 Å². The molecule has 7 nitrogen and oxygen atoms in total. The number of hydrogen-bond acceptors (Lipinski definition) is 4. The lowest BCUT2D eigenvalue weighted by Crippen LogP contribution is -2.16. The van der Waals surface area contributed by atoms with Gasteiger partial charge in [0.15, 0.2) is 0 Å². The first kappa shape index (κ1) is 14.4. The lowest BCUT2D eigenvalue weighted by molar-refractivity contribution is -0.131. The molecule has 0 unspecified atom stereocenters. The van der Waals surface area contributed by atoms with Crippen molar-refractivity contribution in [1.29, 1.82) is 0 Å². The maximum atomic E-state index is 12.1. The van der Waals surface area contributed by atoms with E-state index in [-0.39, 0.29) is 5.91 Å². The Labute approximate surface area is 120 Å². The molecule has 0 bridgehead atoms. The van der Waals surface area contributed by atoms with Gasteiger partial charge in [-0.1, -0.05) is 0 Å². The van der Waals surface area contributed by atoms with Gasteiger partial charge in [-0.15, -0.1) is 0 Å². The third kappa shape index (κ3) is 3.75. The van der Waals surface area contributed by atoms with Crippen molar-refractivity contribution in [2.45, 2.75) is 6.92 Å². The normalized spacial score (nSPS) is 10.8. The number of nitrogens with zero attached hydrogens (tertiary/aromatic N) is 3. The third-order valence-corrected chi connectivity index (χ3v) is 2.68. The zero-order valence-corrected chi connectivity index (χ0v) is 11.6. The molecular weight excluding hydrogens is 272 g/mol. The van der Waals surface area contributed by atoms with Crippen LogP contribution in [0.25, 0.3) is 6.08 Å². The summed E-state index contributed by atoms with van der Waals surface area (Å²) in [6.07, 6.45) is 3.94. The van der Waals surface area contributed by atoms with E-state index in [0.717, 1.165) is 11.8 Å². The van der Waals surface area contributed by atoms with E-state index in [2.05, 4.69) is 15.4 Å². The van der Waals surface area contributed by atoms with Gasteiger partial charge in [0, 0.05) is 19.3 Å². The molecule has 2 aromatic heterocycles. The lowest BCUT2D eigenvalue weighted by atomic mass is 10.2. The molecule has 0 atom stereocenters. The van der Waals surface area contributed by atoms with E-state index in [9.17, 15) is 9.59 Å². The van der Waals surface area contributed by atoms with Crippen molar-refractivity contribution in [2.24, 2.45) is 7.05 Å². The Hall–Kier alpha value is -2.96. The topological polar surface area (TPSA) is 97.1 Å². The van der Waals surface area contributed by atoms with Gasteiger partial charge in [0.25, 0.3) is 5.91 Å². The van der Waals surface area contributed by atoms with Crippen molar-refractivity contribution >= 4 is 23.8 Å². The smallest absolute Gasteiger partial charge is 0.328 e. The number of carbonyl (C=O) groups excluding carboxylic acids is 1. The first-order valence-electron chi connectivity index (χ1n) is 6.15. The Kier molecular flexibility index (Phi) is 4.13. The van der Waals surface area contributed by atoms with Crippen molar-refractivity contribution < 1.29 is 14.7 Å². The average Bonchev–Trinajstić information content (AvgIpc) is 2.76. The summed E-state index contributed by atoms with van der Waals surface area (Å²) < 4.78 is 1.48. The maximum Gasteiger partial charge on any atom is 0.328 e. The molecule has 1 amide bonds. The van der Waals surface area contributed by atoms with Crippen LogP contribution >= 0.6 is 0 Å². The van der Waals surface area contributed by atoms with Crippen LogP contribution in [0.4, 0.5) is 5.82 Å². The second kappa shape index (κ2) is 6.00.